The highest BCUT2D eigenvalue weighted by Gasteiger charge is 2.16. The molecular formula is C13H17BrN2O2S. The smallest absolute Gasteiger partial charge is 0.230 e. The summed E-state index contributed by atoms with van der Waals surface area (Å²) in [6.07, 6.45) is 1.80. The van der Waals surface area contributed by atoms with Crippen molar-refractivity contribution in [1.82, 2.24) is 5.32 Å². The Labute approximate surface area is 125 Å². The molecule has 0 unspecified atom stereocenters. The summed E-state index contributed by atoms with van der Waals surface area (Å²) in [5.41, 5.74) is 6.59. The van der Waals surface area contributed by atoms with E-state index in [0.717, 1.165) is 35.4 Å². The molecule has 0 aliphatic carbocycles. The monoisotopic (exact) mass is 344 g/mol. The van der Waals surface area contributed by atoms with E-state index in [9.17, 15) is 4.79 Å². The minimum atomic E-state index is 0.0548. The maximum absolute atomic E-state index is 11.8. The molecule has 1 aromatic carbocycles. The van der Waals surface area contributed by atoms with Crippen molar-refractivity contribution in [2.75, 3.05) is 24.7 Å². The van der Waals surface area contributed by atoms with Gasteiger partial charge in [0.25, 0.3) is 0 Å². The molecule has 1 aromatic rings. The maximum atomic E-state index is 11.8. The molecule has 4 nitrogen and oxygen atoms in total. The standard InChI is InChI=1S/C13H17BrN2O2S/c14-9-1-2-12(11(15)7-9)19-8-13(17)16-10-3-5-18-6-4-10/h1-2,7,10H,3-6,8,15H2,(H,16,17). The van der Waals surface area contributed by atoms with Crippen molar-refractivity contribution in [2.24, 2.45) is 0 Å². The van der Waals surface area contributed by atoms with Crippen LogP contribution in [0.25, 0.3) is 0 Å². The molecule has 2 rings (SSSR count). The van der Waals surface area contributed by atoms with Gasteiger partial charge in [-0.25, -0.2) is 0 Å². The van der Waals surface area contributed by atoms with E-state index < -0.39 is 0 Å². The fourth-order valence-electron chi connectivity index (χ4n) is 1.91. The number of carbonyl (C=O) groups excluding carboxylic acids is 1. The molecule has 0 atom stereocenters. The normalized spacial score (nSPS) is 16.3. The lowest BCUT2D eigenvalue weighted by Crippen LogP contribution is -2.39. The van der Waals surface area contributed by atoms with E-state index in [1.54, 1.807) is 0 Å². The van der Waals surface area contributed by atoms with E-state index in [2.05, 4.69) is 21.2 Å². The minimum absolute atomic E-state index is 0.0548. The van der Waals surface area contributed by atoms with E-state index in [4.69, 9.17) is 10.5 Å². The number of halogens is 1. The molecule has 19 heavy (non-hydrogen) atoms. The Kier molecular flexibility index (Phi) is 5.54. The number of anilines is 1. The van der Waals surface area contributed by atoms with Gasteiger partial charge in [-0.15, -0.1) is 11.8 Å². The SMILES string of the molecule is Nc1cc(Br)ccc1SCC(=O)NC1CCOCC1. The zero-order valence-electron chi connectivity index (χ0n) is 10.5. The van der Waals surface area contributed by atoms with Crippen LogP contribution in [0.2, 0.25) is 0 Å². The van der Waals surface area contributed by atoms with Crippen LogP contribution in [0.3, 0.4) is 0 Å². The highest BCUT2D eigenvalue weighted by Crippen LogP contribution is 2.27. The third kappa shape index (κ3) is 4.71. The zero-order valence-corrected chi connectivity index (χ0v) is 12.9. The Morgan fingerprint density at radius 2 is 2.21 bits per heavy atom. The number of ether oxygens (including phenoxy) is 1. The lowest BCUT2D eigenvalue weighted by atomic mass is 10.1. The second kappa shape index (κ2) is 7.17. The Morgan fingerprint density at radius 3 is 2.89 bits per heavy atom. The molecule has 1 fully saturated rings. The quantitative estimate of drug-likeness (QED) is 0.650. The van der Waals surface area contributed by atoms with Gasteiger partial charge in [-0.3, -0.25) is 4.79 Å². The van der Waals surface area contributed by atoms with Gasteiger partial charge in [0.1, 0.15) is 0 Å². The van der Waals surface area contributed by atoms with Crippen molar-refractivity contribution in [1.29, 1.82) is 0 Å². The van der Waals surface area contributed by atoms with Gasteiger partial charge in [0, 0.05) is 34.3 Å². The van der Waals surface area contributed by atoms with Gasteiger partial charge >= 0.3 is 0 Å². The number of carbonyl (C=O) groups is 1. The summed E-state index contributed by atoms with van der Waals surface area (Å²) in [5.74, 6) is 0.447. The number of hydrogen-bond acceptors (Lipinski definition) is 4. The van der Waals surface area contributed by atoms with E-state index in [1.165, 1.54) is 11.8 Å². The first-order valence-corrected chi connectivity index (χ1v) is 7.98. The van der Waals surface area contributed by atoms with Crippen molar-refractivity contribution in [2.45, 2.75) is 23.8 Å². The number of nitrogens with two attached hydrogens (primary N) is 1. The summed E-state index contributed by atoms with van der Waals surface area (Å²) >= 11 is 4.82. The predicted molar refractivity (Wildman–Crippen MR) is 81.3 cm³/mol. The van der Waals surface area contributed by atoms with Crippen LogP contribution in [0.5, 0.6) is 0 Å². The lowest BCUT2D eigenvalue weighted by molar-refractivity contribution is -0.119. The molecule has 6 heteroatoms. The molecule has 1 saturated heterocycles. The average molecular weight is 345 g/mol. The first kappa shape index (κ1) is 14.7. The van der Waals surface area contributed by atoms with E-state index >= 15 is 0 Å². The summed E-state index contributed by atoms with van der Waals surface area (Å²) in [6, 6.07) is 5.95. The number of amides is 1. The molecule has 1 amide bonds. The van der Waals surface area contributed by atoms with Gasteiger partial charge in [-0.2, -0.15) is 0 Å². The summed E-state index contributed by atoms with van der Waals surface area (Å²) in [5, 5.41) is 3.03. The number of thioether (sulfide) groups is 1. The lowest BCUT2D eigenvalue weighted by Gasteiger charge is -2.23. The van der Waals surface area contributed by atoms with Crippen LogP contribution in [0.1, 0.15) is 12.8 Å². The van der Waals surface area contributed by atoms with Crippen LogP contribution in [-0.4, -0.2) is 30.9 Å². The van der Waals surface area contributed by atoms with Crippen molar-refractivity contribution in [3.8, 4) is 0 Å². The third-order valence-corrected chi connectivity index (χ3v) is 4.50. The number of hydrogen-bond donors (Lipinski definition) is 2. The molecule has 0 aromatic heterocycles. The molecule has 3 N–H and O–H groups in total. The Morgan fingerprint density at radius 1 is 1.47 bits per heavy atom. The van der Waals surface area contributed by atoms with Crippen molar-refractivity contribution in [3.63, 3.8) is 0 Å². The van der Waals surface area contributed by atoms with Crippen molar-refractivity contribution >= 4 is 39.3 Å². The maximum Gasteiger partial charge on any atom is 0.230 e. The minimum Gasteiger partial charge on any atom is -0.398 e. The summed E-state index contributed by atoms with van der Waals surface area (Å²) in [6.45, 7) is 1.47. The number of nitrogen functional groups attached to an aromatic ring is 1. The second-order valence-corrected chi connectivity index (χ2v) is 6.36. The molecule has 0 radical (unpaired) electrons. The first-order chi connectivity index (χ1) is 9.15. The first-order valence-electron chi connectivity index (χ1n) is 6.20. The summed E-state index contributed by atoms with van der Waals surface area (Å²) in [4.78, 5) is 12.8. The molecule has 104 valence electrons. The topological polar surface area (TPSA) is 64.4 Å². The van der Waals surface area contributed by atoms with Crippen LogP contribution in [0.15, 0.2) is 27.6 Å². The Bertz CT molecular complexity index is 450. The predicted octanol–water partition coefficient (Wildman–Crippen LogP) is 2.42. The van der Waals surface area contributed by atoms with Gasteiger partial charge in [-0.1, -0.05) is 15.9 Å². The Hall–Kier alpha value is -0.720. The van der Waals surface area contributed by atoms with Crippen LogP contribution in [-0.2, 0) is 9.53 Å². The highest BCUT2D eigenvalue weighted by atomic mass is 79.9. The van der Waals surface area contributed by atoms with Crippen LogP contribution in [0.4, 0.5) is 5.69 Å². The second-order valence-electron chi connectivity index (χ2n) is 4.42. The molecule has 0 bridgehead atoms. The van der Waals surface area contributed by atoms with Gasteiger partial charge in [0.05, 0.1) is 5.75 Å². The van der Waals surface area contributed by atoms with Gasteiger partial charge in [0.15, 0.2) is 0 Å². The van der Waals surface area contributed by atoms with Crippen LogP contribution < -0.4 is 11.1 Å². The molecule has 1 aliphatic rings. The van der Waals surface area contributed by atoms with E-state index in [1.807, 2.05) is 18.2 Å². The van der Waals surface area contributed by atoms with E-state index in [-0.39, 0.29) is 11.9 Å². The Balaban J connectivity index is 1.79. The molecule has 0 saturated carbocycles. The van der Waals surface area contributed by atoms with Gasteiger partial charge < -0.3 is 15.8 Å². The average Bonchev–Trinajstić information content (AvgIpc) is 2.39. The number of benzene rings is 1. The van der Waals surface area contributed by atoms with Crippen molar-refractivity contribution < 1.29 is 9.53 Å². The number of rotatable bonds is 4. The van der Waals surface area contributed by atoms with Crippen LogP contribution >= 0.6 is 27.7 Å². The zero-order chi connectivity index (χ0) is 13.7. The van der Waals surface area contributed by atoms with E-state index in [0.29, 0.717) is 11.4 Å². The molecule has 0 spiro atoms. The summed E-state index contributed by atoms with van der Waals surface area (Å²) < 4.78 is 6.21. The fraction of sp³-hybridized carbons (Fsp3) is 0.462. The van der Waals surface area contributed by atoms with Crippen LogP contribution in [0, 0.1) is 0 Å². The largest absolute Gasteiger partial charge is 0.398 e. The fourth-order valence-corrected chi connectivity index (χ4v) is 3.04. The summed E-state index contributed by atoms with van der Waals surface area (Å²) in [7, 11) is 0. The van der Waals surface area contributed by atoms with Crippen molar-refractivity contribution in [3.05, 3.63) is 22.7 Å². The highest BCUT2D eigenvalue weighted by molar-refractivity contribution is 9.10. The third-order valence-electron chi connectivity index (χ3n) is 2.92. The molecule has 1 aliphatic heterocycles. The molecular weight excluding hydrogens is 328 g/mol. The van der Waals surface area contributed by atoms with Gasteiger partial charge in [0.2, 0.25) is 5.91 Å². The molecule has 1 heterocycles. The van der Waals surface area contributed by atoms with Gasteiger partial charge in [-0.05, 0) is 31.0 Å². The number of nitrogens with one attached hydrogen (secondary N) is 1.